The lowest BCUT2D eigenvalue weighted by molar-refractivity contribution is -0.0987. The third-order valence-corrected chi connectivity index (χ3v) is 4.62. The number of ketones is 1. The molecular formula is C25H30F2N2O3. The van der Waals surface area contributed by atoms with Crippen molar-refractivity contribution in [2.45, 2.75) is 40.5 Å². The number of hydrogen-bond donors (Lipinski definition) is 0. The lowest BCUT2D eigenvalue weighted by Gasteiger charge is -2.04. The van der Waals surface area contributed by atoms with Gasteiger partial charge in [-0.25, -0.2) is 13.8 Å². The van der Waals surface area contributed by atoms with Crippen molar-refractivity contribution in [2.75, 3.05) is 0 Å². The molecule has 0 saturated heterocycles. The molecule has 0 bridgehead atoms. The number of halogens is 2. The quantitative estimate of drug-likeness (QED) is 0.511. The fourth-order valence-corrected chi connectivity index (χ4v) is 2.95. The Bertz CT molecular complexity index is 994. The van der Waals surface area contributed by atoms with E-state index in [9.17, 15) is 13.6 Å². The zero-order valence-corrected chi connectivity index (χ0v) is 19.2. The van der Waals surface area contributed by atoms with Gasteiger partial charge >= 0.3 is 0 Å². The summed E-state index contributed by atoms with van der Waals surface area (Å²) in [6.45, 7) is 11.9. The molecule has 0 saturated carbocycles. The first kappa shape index (κ1) is 28.5. The molecule has 3 aromatic rings. The third-order valence-electron chi connectivity index (χ3n) is 4.62. The summed E-state index contributed by atoms with van der Waals surface area (Å²) >= 11 is 0. The van der Waals surface area contributed by atoms with Gasteiger partial charge in [-0.2, -0.15) is 0 Å². The molecule has 0 atom stereocenters. The molecule has 0 N–H and O–H groups in total. The smallest absolute Gasteiger partial charge is 0.179 e. The topological polar surface area (TPSA) is 69.0 Å². The summed E-state index contributed by atoms with van der Waals surface area (Å²) < 4.78 is 28.5. The molecule has 1 aromatic heterocycles. The summed E-state index contributed by atoms with van der Waals surface area (Å²) in [4.78, 5) is 31.1. The molecule has 0 aliphatic rings. The second-order valence-corrected chi connectivity index (χ2v) is 6.68. The minimum absolute atomic E-state index is 0.103. The Labute approximate surface area is 188 Å². The zero-order chi connectivity index (χ0) is 24.8. The van der Waals surface area contributed by atoms with Crippen LogP contribution >= 0.6 is 0 Å². The molecule has 0 spiro atoms. The number of imidazole rings is 1. The number of carbonyl (C=O) groups excluding carboxylic acids is 3. The number of Topliss-reactive ketones (excluding diaryl/α,β-unsaturated/α-hetero) is 1. The average Bonchev–Trinajstić information content (AvgIpc) is 3.18. The van der Waals surface area contributed by atoms with Crippen molar-refractivity contribution in [3.8, 4) is 11.4 Å². The normalized spacial score (nSPS) is 9.34. The monoisotopic (exact) mass is 444 g/mol. The van der Waals surface area contributed by atoms with Crippen LogP contribution in [0.4, 0.5) is 8.78 Å². The molecule has 0 aliphatic heterocycles. The number of hydrogen-bond acceptors (Lipinski definition) is 4. The molecular weight excluding hydrogens is 414 g/mol. The van der Waals surface area contributed by atoms with Crippen LogP contribution in [-0.2, 0) is 29.5 Å². The van der Waals surface area contributed by atoms with Crippen LogP contribution in [0.25, 0.3) is 11.4 Å². The maximum absolute atomic E-state index is 13.5. The molecule has 0 unspecified atom stereocenters. The van der Waals surface area contributed by atoms with Crippen LogP contribution in [0.2, 0.25) is 0 Å². The van der Waals surface area contributed by atoms with Crippen LogP contribution in [-0.4, -0.2) is 28.9 Å². The van der Waals surface area contributed by atoms with Gasteiger partial charge in [-0.3, -0.25) is 4.79 Å². The van der Waals surface area contributed by atoms with Crippen molar-refractivity contribution in [3.05, 3.63) is 76.6 Å². The number of rotatable bonds is 4. The third kappa shape index (κ3) is 7.65. The van der Waals surface area contributed by atoms with E-state index in [1.165, 1.54) is 40.4 Å². The fourth-order valence-electron chi connectivity index (χ4n) is 2.95. The van der Waals surface area contributed by atoms with E-state index in [0.717, 1.165) is 25.0 Å². The van der Waals surface area contributed by atoms with Crippen molar-refractivity contribution in [2.24, 2.45) is 7.05 Å². The van der Waals surface area contributed by atoms with Gasteiger partial charge < -0.3 is 14.2 Å². The highest BCUT2D eigenvalue weighted by molar-refractivity contribution is 5.92. The Balaban J connectivity index is 0.000000555. The van der Waals surface area contributed by atoms with E-state index in [2.05, 4.69) is 44.0 Å². The number of aryl methyl sites for hydroxylation is 4. The molecule has 5 nitrogen and oxygen atoms in total. The van der Waals surface area contributed by atoms with Crippen molar-refractivity contribution >= 4 is 19.4 Å². The molecule has 2 aromatic carbocycles. The van der Waals surface area contributed by atoms with Gasteiger partial charge in [0.2, 0.25) is 0 Å². The summed E-state index contributed by atoms with van der Waals surface area (Å²) in [7, 11) is 1.58. The second-order valence-electron chi connectivity index (χ2n) is 6.68. The Morgan fingerprint density at radius 2 is 1.56 bits per heavy atom. The first-order chi connectivity index (χ1) is 15.3. The average molecular weight is 445 g/mol. The molecule has 7 heteroatoms. The van der Waals surface area contributed by atoms with E-state index in [1.54, 1.807) is 7.05 Å². The van der Waals surface area contributed by atoms with Gasteiger partial charge in [0.25, 0.3) is 0 Å². The molecule has 0 radical (unpaired) electrons. The first-order valence-electron chi connectivity index (χ1n) is 9.93. The van der Waals surface area contributed by atoms with Gasteiger partial charge in [0.15, 0.2) is 5.78 Å². The summed E-state index contributed by atoms with van der Waals surface area (Å²) in [6.07, 6.45) is 3.74. The van der Waals surface area contributed by atoms with Crippen LogP contribution in [0.1, 0.15) is 48.0 Å². The Morgan fingerprint density at radius 1 is 1.00 bits per heavy atom. The highest BCUT2D eigenvalue weighted by Gasteiger charge is 2.17. The van der Waals surface area contributed by atoms with Gasteiger partial charge in [0, 0.05) is 20.2 Å². The highest BCUT2D eigenvalue weighted by atomic mass is 19.1. The second kappa shape index (κ2) is 14.5. The molecule has 172 valence electrons. The van der Waals surface area contributed by atoms with E-state index in [0.29, 0.717) is 0 Å². The maximum Gasteiger partial charge on any atom is 0.179 e. The SMILES string of the molecule is C=O.C=O.CC(=O)c1cn(C)c(-c2c(F)cccc2F)n1.CCc1ccc(CC)c(C)c1. The van der Waals surface area contributed by atoms with Crippen molar-refractivity contribution < 1.29 is 23.2 Å². The lowest BCUT2D eigenvalue weighted by atomic mass is 10.0. The number of nitrogens with zero attached hydrogens (tertiary/aromatic N) is 2. The summed E-state index contributed by atoms with van der Waals surface area (Å²) in [5, 5.41) is 0. The molecule has 3 rings (SSSR count). The van der Waals surface area contributed by atoms with Crippen molar-refractivity contribution in [1.29, 1.82) is 0 Å². The molecule has 1 heterocycles. The minimum atomic E-state index is -0.700. The van der Waals surface area contributed by atoms with Crippen LogP contribution in [0.15, 0.2) is 42.6 Å². The summed E-state index contributed by atoms with van der Waals surface area (Å²) in [5.74, 6) is -1.54. The zero-order valence-electron chi connectivity index (χ0n) is 19.2. The van der Waals surface area contributed by atoms with Crippen LogP contribution in [0, 0.1) is 18.6 Å². The van der Waals surface area contributed by atoms with Gasteiger partial charge in [-0.1, -0.05) is 38.1 Å². The predicted octanol–water partition coefficient (Wildman–Crippen LogP) is 5.32. The van der Waals surface area contributed by atoms with Crippen molar-refractivity contribution in [1.82, 2.24) is 9.55 Å². The maximum atomic E-state index is 13.5. The Kier molecular flexibility index (Phi) is 12.9. The highest BCUT2D eigenvalue weighted by Crippen LogP contribution is 2.24. The number of benzene rings is 2. The predicted molar refractivity (Wildman–Crippen MR) is 123 cm³/mol. The minimum Gasteiger partial charge on any atom is -0.333 e. The van der Waals surface area contributed by atoms with Gasteiger partial charge in [-0.15, -0.1) is 0 Å². The molecule has 32 heavy (non-hydrogen) atoms. The molecule has 0 amide bonds. The van der Waals surface area contributed by atoms with Crippen molar-refractivity contribution in [3.63, 3.8) is 0 Å². The molecule has 0 fully saturated rings. The van der Waals surface area contributed by atoms with Crippen LogP contribution < -0.4 is 0 Å². The van der Waals surface area contributed by atoms with Gasteiger partial charge in [-0.05, 0) is 48.6 Å². The van der Waals surface area contributed by atoms with E-state index in [1.807, 2.05) is 13.6 Å². The fraction of sp³-hybridized carbons (Fsp3) is 0.280. The largest absolute Gasteiger partial charge is 0.333 e. The summed E-state index contributed by atoms with van der Waals surface area (Å²) in [6, 6.07) is 10.4. The van der Waals surface area contributed by atoms with Gasteiger partial charge in [0.1, 0.15) is 36.7 Å². The summed E-state index contributed by atoms with van der Waals surface area (Å²) in [5.41, 5.74) is 4.32. The van der Waals surface area contributed by atoms with Gasteiger partial charge in [0.05, 0.1) is 5.56 Å². The van der Waals surface area contributed by atoms with E-state index in [-0.39, 0.29) is 22.9 Å². The van der Waals surface area contributed by atoms with E-state index in [4.69, 9.17) is 9.59 Å². The van der Waals surface area contributed by atoms with E-state index < -0.39 is 11.6 Å². The van der Waals surface area contributed by atoms with Crippen LogP contribution in [0.5, 0.6) is 0 Å². The van der Waals surface area contributed by atoms with E-state index >= 15 is 0 Å². The standard InChI is InChI=1S/C12H10F2N2O.C11H16.2CH2O/c1-7(17)10-6-16(2)12(15-10)11-8(13)4-3-5-9(11)14;1-4-10-6-7-11(5-2)9(3)8-10;2*1-2/h3-6H,1-2H3;6-8H,4-5H2,1-3H3;2*1H2. The van der Waals surface area contributed by atoms with Crippen LogP contribution in [0.3, 0.4) is 0 Å². The Morgan fingerprint density at radius 3 is 1.97 bits per heavy atom. The lowest BCUT2D eigenvalue weighted by Crippen LogP contribution is -1.97. The number of carbonyl (C=O) groups is 3. The molecule has 0 aliphatic carbocycles. The number of aromatic nitrogens is 2. The Hall–Kier alpha value is -3.48. The first-order valence-corrected chi connectivity index (χ1v) is 9.93.